The van der Waals surface area contributed by atoms with E-state index in [2.05, 4.69) is 24.0 Å². The van der Waals surface area contributed by atoms with Crippen molar-refractivity contribution >= 4 is 32.6 Å². The summed E-state index contributed by atoms with van der Waals surface area (Å²) in [5, 5.41) is 10.1. The minimum atomic E-state index is 0.419. The quantitative estimate of drug-likeness (QED) is 0.653. The number of nitrogens with zero attached hydrogens (tertiary/aromatic N) is 2. The first-order valence-electron chi connectivity index (χ1n) is 5.88. The minimum Gasteiger partial charge on any atom is -0.451 e. The Morgan fingerprint density at radius 1 is 1.11 bits per heavy atom. The first-order valence-corrected chi connectivity index (χ1v) is 8.09. The van der Waals surface area contributed by atoms with Crippen molar-refractivity contribution in [3.8, 4) is 11.7 Å². The summed E-state index contributed by atoms with van der Waals surface area (Å²) in [6.07, 6.45) is 0. The lowest BCUT2D eigenvalue weighted by Gasteiger charge is -1.97. The molecule has 0 radical (unpaired) electrons. The Morgan fingerprint density at radius 3 is 2.74 bits per heavy atom. The molecule has 3 aromatic rings. The largest absolute Gasteiger partial charge is 0.451 e. The fourth-order valence-corrected chi connectivity index (χ4v) is 3.06. The van der Waals surface area contributed by atoms with Gasteiger partial charge in [-0.05, 0) is 12.1 Å². The third-order valence-electron chi connectivity index (χ3n) is 2.35. The summed E-state index contributed by atoms with van der Waals surface area (Å²) in [4.78, 5) is 0. The predicted octanol–water partition coefficient (Wildman–Crippen LogP) is 4.63. The summed E-state index contributed by atoms with van der Waals surface area (Å²) in [6.45, 7) is 4.24. The minimum absolute atomic E-state index is 0.419. The second-order valence-electron chi connectivity index (χ2n) is 4.25. The van der Waals surface area contributed by atoms with Crippen molar-refractivity contribution in [1.82, 2.24) is 10.2 Å². The molecule has 98 valence electrons. The lowest BCUT2D eigenvalue weighted by Crippen LogP contribution is -1.80. The molecular formula is C13H12N2O2S2. The van der Waals surface area contributed by atoms with Crippen LogP contribution in [-0.4, -0.2) is 15.4 Å². The molecule has 0 fully saturated rings. The molecule has 1 aromatic carbocycles. The van der Waals surface area contributed by atoms with Crippen molar-refractivity contribution in [3.05, 3.63) is 30.3 Å². The second kappa shape index (κ2) is 5.30. The van der Waals surface area contributed by atoms with Crippen molar-refractivity contribution in [1.29, 1.82) is 0 Å². The van der Waals surface area contributed by atoms with Gasteiger partial charge in [0, 0.05) is 21.4 Å². The number of fused-ring (bicyclic) bond motifs is 1. The van der Waals surface area contributed by atoms with Crippen LogP contribution < -0.4 is 0 Å². The summed E-state index contributed by atoms with van der Waals surface area (Å²) in [6, 6.07) is 9.72. The first kappa shape index (κ1) is 12.6. The van der Waals surface area contributed by atoms with Crippen LogP contribution in [0.3, 0.4) is 0 Å². The smallest absolute Gasteiger partial charge is 0.287 e. The van der Waals surface area contributed by atoms with Gasteiger partial charge < -0.3 is 8.83 Å². The molecule has 0 atom stereocenters. The Balaban J connectivity index is 1.85. The molecule has 0 aliphatic rings. The van der Waals surface area contributed by atoms with E-state index in [1.54, 1.807) is 10.8 Å². The van der Waals surface area contributed by atoms with Gasteiger partial charge in [-0.2, -0.15) is 0 Å². The molecule has 2 aromatic heterocycles. The summed E-state index contributed by atoms with van der Waals surface area (Å²) in [5.74, 6) is 1.03. The van der Waals surface area contributed by atoms with Gasteiger partial charge in [0.2, 0.25) is 0 Å². The van der Waals surface area contributed by atoms with Crippen molar-refractivity contribution in [2.45, 2.75) is 24.3 Å². The molecule has 0 saturated carbocycles. The van der Waals surface area contributed by atoms with Gasteiger partial charge in [0.15, 0.2) is 5.76 Å². The first-order chi connectivity index (χ1) is 9.22. The van der Waals surface area contributed by atoms with Gasteiger partial charge in [0.05, 0.1) is 0 Å². The van der Waals surface area contributed by atoms with E-state index >= 15 is 0 Å². The highest BCUT2D eigenvalue weighted by Gasteiger charge is 2.14. The standard InChI is InChI=1S/C13H12N2O2S2/c1-8(2)18-19-13-15-14-12(17-13)11-7-9-5-3-4-6-10(9)16-11/h3-8H,1-2H3. The number of hydrogen-bond acceptors (Lipinski definition) is 6. The monoisotopic (exact) mass is 292 g/mol. The Kier molecular flexibility index (Phi) is 3.52. The van der Waals surface area contributed by atoms with E-state index in [9.17, 15) is 0 Å². The zero-order chi connectivity index (χ0) is 13.2. The molecule has 2 heterocycles. The molecule has 19 heavy (non-hydrogen) atoms. The highest BCUT2D eigenvalue weighted by molar-refractivity contribution is 8.76. The van der Waals surface area contributed by atoms with E-state index in [1.165, 1.54) is 10.8 Å². The average Bonchev–Trinajstić information content (AvgIpc) is 3.02. The van der Waals surface area contributed by atoms with Crippen LogP contribution in [0, 0.1) is 0 Å². The van der Waals surface area contributed by atoms with Crippen LogP contribution in [0.4, 0.5) is 0 Å². The van der Waals surface area contributed by atoms with E-state index in [0.29, 0.717) is 22.1 Å². The van der Waals surface area contributed by atoms with Crippen molar-refractivity contribution in [3.63, 3.8) is 0 Å². The topological polar surface area (TPSA) is 52.1 Å². The fourth-order valence-electron chi connectivity index (χ4n) is 1.57. The van der Waals surface area contributed by atoms with E-state index in [-0.39, 0.29) is 0 Å². The third kappa shape index (κ3) is 2.79. The predicted molar refractivity (Wildman–Crippen MR) is 78.1 cm³/mol. The molecule has 0 bridgehead atoms. The Morgan fingerprint density at radius 2 is 1.95 bits per heavy atom. The number of rotatable bonds is 4. The highest BCUT2D eigenvalue weighted by Crippen LogP contribution is 2.35. The van der Waals surface area contributed by atoms with Crippen molar-refractivity contribution in [2.75, 3.05) is 0 Å². The van der Waals surface area contributed by atoms with Gasteiger partial charge in [0.25, 0.3) is 11.1 Å². The number of aromatic nitrogens is 2. The van der Waals surface area contributed by atoms with Gasteiger partial charge in [-0.15, -0.1) is 5.10 Å². The summed E-state index contributed by atoms with van der Waals surface area (Å²) in [7, 11) is 3.17. The second-order valence-corrected chi connectivity index (χ2v) is 6.98. The Labute approximate surface area is 118 Å². The van der Waals surface area contributed by atoms with E-state index in [0.717, 1.165) is 11.0 Å². The lowest BCUT2D eigenvalue weighted by atomic mass is 10.2. The maximum atomic E-state index is 5.68. The SMILES string of the molecule is CC(C)SSc1nnc(-c2cc3ccccc3o2)o1. The van der Waals surface area contributed by atoms with Crippen LogP contribution in [0.5, 0.6) is 0 Å². The lowest BCUT2D eigenvalue weighted by molar-refractivity contribution is 0.453. The Hall–Kier alpha value is -1.40. The molecule has 3 rings (SSSR count). The zero-order valence-electron chi connectivity index (χ0n) is 10.5. The van der Waals surface area contributed by atoms with Crippen LogP contribution in [0.2, 0.25) is 0 Å². The Bertz CT molecular complexity index is 658. The van der Waals surface area contributed by atoms with E-state index < -0.39 is 0 Å². The molecule has 0 spiro atoms. The highest BCUT2D eigenvalue weighted by atomic mass is 33.1. The molecule has 0 N–H and O–H groups in total. The van der Waals surface area contributed by atoms with Gasteiger partial charge >= 0.3 is 0 Å². The third-order valence-corrected chi connectivity index (χ3v) is 5.01. The van der Waals surface area contributed by atoms with Crippen LogP contribution in [0.1, 0.15) is 13.8 Å². The molecule has 0 saturated heterocycles. The number of hydrogen-bond donors (Lipinski definition) is 0. The number of para-hydroxylation sites is 1. The van der Waals surface area contributed by atoms with Gasteiger partial charge in [-0.1, -0.05) is 47.9 Å². The normalized spacial score (nSPS) is 11.5. The van der Waals surface area contributed by atoms with Crippen molar-refractivity contribution < 1.29 is 8.83 Å². The summed E-state index contributed by atoms with van der Waals surface area (Å²) in [5.41, 5.74) is 0.821. The molecule has 0 aliphatic heterocycles. The number of benzene rings is 1. The van der Waals surface area contributed by atoms with Crippen molar-refractivity contribution in [2.24, 2.45) is 0 Å². The number of furan rings is 1. The molecule has 0 aliphatic carbocycles. The van der Waals surface area contributed by atoms with Crippen LogP contribution in [0.25, 0.3) is 22.6 Å². The maximum absolute atomic E-state index is 5.68. The molecule has 0 unspecified atom stereocenters. The van der Waals surface area contributed by atoms with Gasteiger partial charge in [-0.3, -0.25) is 0 Å². The maximum Gasteiger partial charge on any atom is 0.287 e. The summed E-state index contributed by atoms with van der Waals surface area (Å²) < 4.78 is 11.3. The molecular weight excluding hydrogens is 280 g/mol. The van der Waals surface area contributed by atoms with Gasteiger partial charge in [0.1, 0.15) is 5.58 Å². The molecule has 6 heteroatoms. The summed E-state index contributed by atoms with van der Waals surface area (Å²) >= 11 is 0. The van der Waals surface area contributed by atoms with E-state index in [4.69, 9.17) is 8.83 Å². The van der Waals surface area contributed by atoms with Crippen LogP contribution in [0.15, 0.2) is 44.4 Å². The van der Waals surface area contributed by atoms with Crippen LogP contribution >= 0.6 is 21.6 Å². The average molecular weight is 292 g/mol. The molecule has 4 nitrogen and oxygen atoms in total. The molecule has 0 amide bonds. The van der Waals surface area contributed by atoms with Crippen LogP contribution in [-0.2, 0) is 0 Å². The fraction of sp³-hybridized carbons (Fsp3) is 0.231. The van der Waals surface area contributed by atoms with Gasteiger partial charge in [-0.25, -0.2) is 0 Å². The van der Waals surface area contributed by atoms with E-state index in [1.807, 2.05) is 30.3 Å². The zero-order valence-corrected chi connectivity index (χ0v) is 12.1.